The maximum atomic E-state index is 13.5. The van der Waals surface area contributed by atoms with Crippen molar-refractivity contribution in [1.82, 2.24) is 5.32 Å². The first kappa shape index (κ1) is 15.5. The summed E-state index contributed by atoms with van der Waals surface area (Å²) < 4.78 is 19.4. The predicted molar refractivity (Wildman–Crippen MR) is 82.4 cm³/mol. The Hall–Kier alpha value is -1.88. The average molecular weight is 352 g/mol. The van der Waals surface area contributed by atoms with Crippen LogP contribution in [0.15, 0.2) is 53.0 Å². The van der Waals surface area contributed by atoms with Crippen molar-refractivity contribution in [2.24, 2.45) is 0 Å². The molecule has 5 heteroatoms. The monoisotopic (exact) mass is 351 g/mol. The van der Waals surface area contributed by atoms with Crippen LogP contribution in [-0.2, 0) is 17.8 Å². The minimum Gasteiger partial charge on any atom is -0.445 e. The number of hydrogen-bond acceptors (Lipinski definition) is 2. The van der Waals surface area contributed by atoms with Crippen LogP contribution >= 0.6 is 15.9 Å². The third-order valence-corrected chi connectivity index (χ3v) is 3.38. The number of carbonyl (C=O) groups is 1. The Morgan fingerprint density at radius 3 is 2.71 bits per heavy atom. The Morgan fingerprint density at radius 2 is 1.95 bits per heavy atom. The van der Waals surface area contributed by atoms with Crippen LogP contribution in [0.1, 0.15) is 11.1 Å². The Kier molecular flexibility index (Phi) is 5.75. The highest BCUT2D eigenvalue weighted by Gasteiger charge is 2.05. The molecule has 0 heterocycles. The van der Waals surface area contributed by atoms with E-state index in [0.29, 0.717) is 18.5 Å². The highest BCUT2D eigenvalue weighted by atomic mass is 79.9. The predicted octanol–water partition coefficient (Wildman–Crippen LogP) is 4.06. The fraction of sp³-hybridized carbons (Fsp3) is 0.188. The molecule has 0 aliphatic carbocycles. The fourth-order valence-electron chi connectivity index (χ4n) is 1.81. The van der Waals surface area contributed by atoms with Gasteiger partial charge in [0.05, 0.1) is 0 Å². The van der Waals surface area contributed by atoms with Crippen LogP contribution in [0, 0.1) is 5.82 Å². The van der Waals surface area contributed by atoms with E-state index in [0.717, 1.165) is 10.0 Å². The van der Waals surface area contributed by atoms with Crippen LogP contribution in [0.3, 0.4) is 0 Å². The lowest BCUT2D eigenvalue weighted by Crippen LogP contribution is -2.26. The van der Waals surface area contributed by atoms with Crippen molar-refractivity contribution in [3.05, 3.63) is 69.9 Å². The van der Waals surface area contributed by atoms with Gasteiger partial charge >= 0.3 is 6.09 Å². The van der Waals surface area contributed by atoms with E-state index >= 15 is 0 Å². The number of carbonyl (C=O) groups excluding carboxylic acids is 1. The van der Waals surface area contributed by atoms with Crippen molar-refractivity contribution in [3.8, 4) is 0 Å². The molecule has 0 bridgehead atoms. The van der Waals surface area contributed by atoms with E-state index in [1.807, 2.05) is 30.3 Å². The molecule has 0 saturated carbocycles. The van der Waals surface area contributed by atoms with Gasteiger partial charge in [-0.05, 0) is 35.7 Å². The van der Waals surface area contributed by atoms with E-state index in [9.17, 15) is 9.18 Å². The summed E-state index contributed by atoms with van der Waals surface area (Å²) in [5.41, 5.74) is 1.47. The molecule has 0 spiro atoms. The van der Waals surface area contributed by atoms with Crippen molar-refractivity contribution in [2.75, 3.05) is 6.54 Å². The lowest BCUT2D eigenvalue weighted by molar-refractivity contribution is 0.140. The summed E-state index contributed by atoms with van der Waals surface area (Å²) in [7, 11) is 0. The van der Waals surface area contributed by atoms with Crippen molar-refractivity contribution in [1.29, 1.82) is 0 Å². The van der Waals surface area contributed by atoms with Gasteiger partial charge in [0.25, 0.3) is 0 Å². The Morgan fingerprint density at radius 1 is 1.19 bits per heavy atom. The number of nitrogens with one attached hydrogen (secondary N) is 1. The molecular formula is C16H15BrFNO2. The Balaban J connectivity index is 1.73. The van der Waals surface area contributed by atoms with E-state index in [1.54, 1.807) is 12.1 Å². The van der Waals surface area contributed by atoms with E-state index < -0.39 is 6.09 Å². The fourth-order valence-corrected chi connectivity index (χ4v) is 2.22. The molecule has 0 fully saturated rings. The standard InChI is InChI=1S/C16H15BrFNO2/c17-14-6-7-15(18)13(10-14)8-9-19-16(20)21-11-12-4-2-1-3-5-12/h1-7,10H,8-9,11H2,(H,19,20). The SMILES string of the molecule is O=C(NCCc1cc(Br)ccc1F)OCc1ccccc1. The van der Waals surface area contributed by atoms with Gasteiger partial charge in [-0.2, -0.15) is 0 Å². The summed E-state index contributed by atoms with van der Waals surface area (Å²) in [6.45, 7) is 0.541. The Labute approximate surface area is 131 Å². The number of amides is 1. The molecule has 1 N–H and O–H groups in total. The zero-order valence-electron chi connectivity index (χ0n) is 11.3. The number of rotatable bonds is 5. The molecule has 2 rings (SSSR count). The van der Waals surface area contributed by atoms with Gasteiger partial charge < -0.3 is 10.1 Å². The number of alkyl carbamates (subject to hydrolysis) is 1. The molecule has 0 unspecified atom stereocenters. The van der Waals surface area contributed by atoms with Crippen LogP contribution < -0.4 is 5.32 Å². The molecule has 2 aromatic rings. The van der Waals surface area contributed by atoms with Crippen molar-refractivity contribution in [2.45, 2.75) is 13.0 Å². The second-order valence-electron chi connectivity index (χ2n) is 4.47. The van der Waals surface area contributed by atoms with Gasteiger partial charge in [0, 0.05) is 11.0 Å². The summed E-state index contributed by atoms with van der Waals surface area (Å²) >= 11 is 3.29. The highest BCUT2D eigenvalue weighted by Crippen LogP contribution is 2.15. The van der Waals surface area contributed by atoms with Crippen molar-refractivity contribution < 1.29 is 13.9 Å². The van der Waals surface area contributed by atoms with Crippen LogP contribution in [-0.4, -0.2) is 12.6 Å². The molecular weight excluding hydrogens is 337 g/mol. The zero-order chi connectivity index (χ0) is 15.1. The molecule has 21 heavy (non-hydrogen) atoms. The van der Waals surface area contributed by atoms with Gasteiger partial charge in [-0.1, -0.05) is 46.3 Å². The largest absolute Gasteiger partial charge is 0.445 e. The first-order valence-corrected chi connectivity index (χ1v) is 7.33. The van der Waals surface area contributed by atoms with Gasteiger partial charge in [-0.3, -0.25) is 0 Å². The van der Waals surface area contributed by atoms with E-state index in [4.69, 9.17) is 4.74 Å². The van der Waals surface area contributed by atoms with Gasteiger partial charge in [0.15, 0.2) is 0 Å². The first-order chi connectivity index (χ1) is 10.1. The maximum absolute atomic E-state index is 13.5. The molecule has 1 amide bonds. The van der Waals surface area contributed by atoms with E-state index in [-0.39, 0.29) is 12.4 Å². The second kappa shape index (κ2) is 7.78. The van der Waals surface area contributed by atoms with Gasteiger partial charge in [-0.25, -0.2) is 9.18 Å². The van der Waals surface area contributed by atoms with Gasteiger partial charge in [0.1, 0.15) is 12.4 Å². The van der Waals surface area contributed by atoms with Gasteiger partial charge in [0.2, 0.25) is 0 Å². The third-order valence-electron chi connectivity index (χ3n) is 2.88. The van der Waals surface area contributed by atoms with E-state index in [1.165, 1.54) is 6.07 Å². The lowest BCUT2D eigenvalue weighted by Gasteiger charge is -2.08. The zero-order valence-corrected chi connectivity index (χ0v) is 12.9. The molecule has 0 aromatic heterocycles. The van der Waals surface area contributed by atoms with Crippen LogP contribution in [0.2, 0.25) is 0 Å². The maximum Gasteiger partial charge on any atom is 0.407 e. The third kappa shape index (κ3) is 5.19. The minimum absolute atomic E-state index is 0.220. The Bertz CT molecular complexity index is 604. The van der Waals surface area contributed by atoms with E-state index in [2.05, 4.69) is 21.2 Å². The molecule has 0 aliphatic rings. The molecule has 0 radical (unpaired) electrons. The quantitative estimate of drug-likeness (QED) is 0.882. The average Bonchev–Trinajstić information content (AvgIpc) is 2.50. The number of hydrogen-bond donors (Lipinski definition) is 1. The lowest BCUT2D eigenvalue weighted by atomic mass is 10.1. The molecule has 0 atom stereocenters. The highest BCUT2D eigenvalue weighted by molar-refractivity contribution is 9.10. The summed E-state index contributed by atoms with van der Waals surface area (Å²) in [5, 5.41) is 2.60. The normalized spacial score (nSPS) is 10.2. The summed E-state index contributed by atoms with van der Waals surface area (Å²) in [4.78, 5) is 11.5. The summed E-state index contributed by atoms with van der Waals surface area (Å²) in [6, 6.07) is 14.2. The number of halogens is 2. The summed E-state index contributed by atoms with van der Waals surface area (Å²) in [6.07, 6.45) is -0.0969. The molecule has 0 aliphatic heterocycles. The second-order valence-corrected chi connectivity index (χ2v) is 5.39. The van der Waals surface area contributed by atoms with Crippen LogP contribution in [0.4, 0.5) is 9.18 Å². The molecule has 110 valence electrons. The molecule has 0 saturated heterocycles. The summed E-state index contributed by atoms with van der Waals surface area (Å²) in [5.74, 6) is -0.280. The molecule has 3 nitrogen and oxygen atoms in total. The van der Waals surface area contributed by atoms with Crippen molar-refractivity contribution >= 4 is 22.0 Å². The smallest absolute Gasteiger partial charge is 0.407 e. The minimum atomic E-state index is -0.505. The number of benzene rings is 2. The van der Waals surface area contributed by atoms with Crippen molar-refractivity contribution in [3.63, 3.8) is 0 Å². The number of ether oxygens (including phenoxy) is 1. The molecule has 2 aromatic carbocycles. The topological polar surface area (TPSA) is 38.3 Å². The first-order valence-electron chi connectivity index (χ1n) is 6.53. The van der Waals surface area contributed by atoms with Gasteiger partial charge in [-0.15, -0.1) is 0 Å². The van der Waals surface area contributed by atoms with Crippen LogP contribution in [0.25, 0.3) is 0 Å². The van der Waals surface area contributed by atoms with Crippen LogP contribution in [0.5, 0.6) is 0 Å².